The van der Waals surface area contributed by atoms with E-state index in [1.54, 1.807) is 12.1 Å². The van der Waals surface area contributed by atoms with Gasteiger partial charge in [0.25, 0.3) is 0 Å². The van der Waals surface area contributed by atoms with Crippen molar-refractivity contribution in [3.05, 3.63) is 65.7 Å². The monoisotopic (exact) mass is 409 g/mol. The van der Waals surface area contributed by atoms with Crippen LogP contribution in [-0.2, 0) is 6.18 Å². The molecule has 0 saturated heterocycles. The number of nitrogens with one attached hydrogen (secondary N) is 1. The van der Waals surface area contributed by atoms with Crippen molar-refractivity contribution in [2.24, 2.45) is 5.73 Å². The van der Waals surface area contributed by atoms with Crippen LogP contribution in [0.4, 0.5) is 19.0 Å². The van der Waals surface area contributed by atoms with Crippen molar-refractivity contribution in [3.63, 3.8) is 0 Å². The van der Waals surface area contributed by atoms with Crippen molar-refractivity contribution in [2.45, 2.75) is 12.6 Å². The van der Waals surface area contributed by atoms with Crippen molar-refractivity contribution < 1.29 is 13.2 Å². The van der Waals surface area contributed by atoms with E-state index in [-0.39, 0.29) is 5.56 Å². The molecule has 0 amide bonds. The number of nitrogens with two attached hydrogens (primary N) is 1. The van der Waals surface area contributed by atoms with E-state index in [9.17, 15) is 18.4 Å². The van der Waals surface area contributed by atoms with Crippen LogP contribution in [-0.4, -0.2) is 22.5 Å². The number of anilines is 1. The summed E-state index contributed by atoms with van der Waals surface area (Å²) in [7, 11) is 0. The molecule has 0 saturated carbocycles. The largest absolute Gasteiger partial charge is 0.416 e. The predicted molar refractivity (Wildman–Crippen MR) is 110 cm³/mol. The van der Waals surface area contributed by atoms with Gasteiger partial charge in [-0.15, -0.1) is 0 Å². The van der Waals surface area contributed by atoms with Crippen LogP contribution in [0.15, 0.2) is 54.6 Å². The molecule has 2 heterocycles. The van der Waals surface area contributed by atoms with E-state index in [2.05, 4.69) is 16.4 Å². The number of benzene rings is 2. The third-order valence-corrected chi connectivity index (χ3v) is 4.88. The number of nitrogens with zero attached hydrogens (tertiary/aromatic N) is 3. The zero-order chi connectivity index (χ0) is 21.3. The van der Waals surface area contributed by atoms with Crippen molar-refractivity contribution in [2.75, 3.05) is 18.4 Å². The molecule has 0 aliphatic heterocycles. The van der Waals surface area contributed by atoms with Gasteiger partial charge in [0, 0.05) is 12.1 Å². The quantitative estimate of drug-likeness (QED) is 0.464. The van der Waals surface area contributed by atoms with Crippen molar-refractivity contribution in [1.82, 2.24) is 9.38 Å². The van der Waals surface area contributed by atoms with Crippen molar-refractivity contribution in [3.8, 4) is 17.2 Å². The molecule has 0 bridgehead atoms. The molecule has 0 fully saturated rings. The second-order valence-corrected chi connectivity index (χ2v) is 6.84. The van der Waals surface area contributed by atoms with Crippen molar-refractivity contribution >= 4 is 22.5 Å². The lowest BCUT2D eigenvalue weighted by molar-refractivity contribution is -0.137. The van der Waals surface area contributed by atoms with Crippen LogP contribution in [0.2, 0.25) is 0 Å². The molecule has 2 aromatic carbocycles. The number of rotatable bonds is 5. The number of nitriles is 1. The molecule has 5 nitrogen and oxygen atoms in total. The molecule has 30 heavy (non-hydrogen) atoms. The molecule has 0 spiro atoms. The minimum Gasteiger partial charge on any atom is -0.371 e. The first-order valence-electron chi connectivity index (χ1n) is 9.40. The Morgan fingerprint density at radius 1 is 1.10 bits per heavy atom. The maximum atomic E-state index is 13.2. The van der Waals surface area contributed by atoms with Crippen LogP contribution in [0.1, 0.15) is 17.5 Å². The Kier molecular flexibility index (Phi) is 5.06. The third kappa shape index (κ3) is 3.44. The summed E-state index contributed by atoms with van der Waals surface area (Å²) >= 11 is 0. The van der Waals surface area contributed by atoms with E-state index in [0.717, 1.165) is 17.6 Å². The molecule has 4 rings (SSSR count). The average Bonchev–Trinajstić information content (AvgIpc) is 3.12. The molecule has 0 aliphatic carbocycles. The summed E-state index contributed by atoms with van der Waals surface area (Å²) in [5, 5.41) is 13.2. The molecule has 0 radical (unpaired) electrons. The second kappa shape index (κ2) is 7.69. The zero-order valence-corrected chi connectivity index (χ0v) is 15.9. The molecular formula is C22H18F3N5. The van der Waals surface area contributed by atoms with E-state index >= 15 is 0 Å². The zero-order valence-electron chi connectivity index (χ0n) is 15.9. The Morgan fingerprint density at radius 3 is 2.63 bits per heavy atom. The van der Waals surface area contributed by atoms with Crippen LogP contribution >= 0.6 is 0 Å². The number of aromatic nitrogens is 2. The first kappa shape index (κ1) is 19.7. The van der Waals surface area contributed by atoms with Crippen molar-refractivity contribution in [1.29, 1.82) is 5.26 Å². The highest BCUT2D eigenvalue weighted by Crippen LogP contribution is 2.36. The van der Waals surface area contributed by atoms with Crippen LogP contribution in [0.3, 0.4) is 0 Å². The number of imidazole rings is 1. The maximum Gasteiger partial charge on any atom is 0.416 e. The van der Waals surface area contributed by atoms with Gasteiger partial charge in [-0.1, -0.05) is 24.3 Å². The lowest BCUT2D eigenvalue weighted by Crippen LogP contribution is -2.11. The summed E-state index contributed by atoms with van der Waals surface area (Å²) in [5.41, 5.74) is 7.62. The maximum absolute atomic E-state index is 13.2. The first-order chi connectivity index (χ1) is 14.4. The molecule has 8 heteroatoms. The van der Waals surface area contributed by atoms with Gasteiger partial charge in [0.15, 0.2) is 5.65 Å². The molecule has 0 unspecified atom stereocenters. The predicted octanol–water partition coefficient (Wildman–Crippen LogP) is 4.81. The third-order valence-electron chi connectivity index (χ3n) is 4.88. The van der Waals surface area contributed by atoms with E-state index in [1.165, 1.54) is 6.07 Å². The highest BCUT2D eigenvalue weighted by atomic mass is 19.4. The molecule has 0 atom stereocenters. The smallest absolute Gasteiger partial charge is 0.371 e. The molecule has 152 valence electrons. The SMILES string of the molecule is N#Cc1c(-c2cccc(C(F)(F)F)c2)cc(NCCCN)n2c1nc1ccccc12. The highest BCUT2D eigenvalue weighted by molar-refractivity contribution is 5.89. The molecular weight excluding hydrogens is 391 g/mol. The summed E-state index contributed by atoms with van der Waals surface area (Å²) in [4.78, 5) is 4.59. The van der Waals surface area contributed by atoms with Crippen LogP contribution in [0, 0.1) is 11.3 Å². The summed E-state index contributed by atoms with van der Waals surface area (Å²) in [6, 6.07) is 16.2. The number of fused-ring (bicyclic) bond motifs is 3. The number of hydrogen-bond acceptors (Lipinski definition) is 4. The van der Waals surface area contributed by atoms with Crippen LogP contribution < -0.4 is 11.1 Å². The molecule has 2 aromatic heterocycles. The number of pyridine rings is 1. The fourth-order valence-electron chi connectivity index (χ4n) is 3.48. The van der Waals surface area contributed by atoms with Gasteiger partial charge in [-0.25, -0.2) is 4.98 Å². The van der Waals surface area contributed by atoms with Crippen LogP contribution in [0.25, 0.3) is 27.8 Å². The van der Waals surface area contributed by atoms with E-state index in [4.69, 9.17) is 5.73 Å². The lowest BCUT2D eigenvalue weighted by atomic mass is 9.99. The Morgan fingerprint density at radius 2 is 1.90 bits per heavy atom. The first-order valence-corrected chi connectivity index (χ1v) is 9.40. The van der Waals surface area contributed by atoms with Gasteiger partial charge in [0.2, 0.25) is 0 Å². The van der Waals surface area contributed by atoms with Gasteiger partial charge >= 0.3 is 6.18 Å². The van der Waals surface area contributed by atoms with Gasteiger partial charge < -0.3 is 11.1 Å². The highest BCUT2D eigenvalue weighted by Gasteiger charge is 2.31. The Bertz CT molecular complexity index is 1270. The summed E-state index contributed by atoms with van der Waals surface area (Å²) in [6.45, 7) is 1.07. The van der Waals surface area contributed by atoms with E-state index in [1.807, 2.05) is 28.7 Å². The minimum atomic E-state index is -4.48. The summed E-state index contributed by atoms with van der Waals surface area (Å²) < 4.78 is 41.5. The number of alkyl halides is 3. The lowest BCUT2D eigenvalue weighted by Gasteiger charge is -2.15. The summed E-state index contributed by atoms with van der Waals surface area (Å²) in [5.74, 6) is 0.638. The topological polar surface area (TPSA) is 79.1 Å². The van der Waals surface area contributed by atoms with Gasteiger partial charge in [0.1, 0.15) is 17.5 Å². The Balaban J connectivity index is 2.01. The summed E-state index contributed by atoms with van der Waals surface area (Å²) in [6.07, 6.45) is -3.76. The van der Waals surface area contributed by atoms with Gasteiger partial charge in [0.05, 0.1) is 16.6 Å². The van der Waals surface area contributed by atoms with E-state index < -0.39 is 11.7 Å². The second-order valence-electron chi connectivity index (χ2n) is 6.84. The number of halogens is 3. The van der Waals surface area contributed by atoms with E-state index in [0.29, 0.717) is 47.6 Å². The Labute approximate surface area is 170 Å². The minimum absolute atomic E-state index is 0.217. The number of hydrogen-bond donors (Lipinski definition) is 2. The van der Waals surface area contributed by atoms with Gasteiger partial charge in [-0.3, -0.25) is 4.40 Å². The molecule has 3 N–H and O–H groups in total. The molecule has 4 aromatic rings. The average molecular weight is 409 g/mol. The Hall–Kier alpha value is -3.57. The number of para-hydroxylation sites is 2. The van der Waals surface area contributed by atoms with Gasteiger partial charge in [-0.2, -0.15) is 18.4 Å². The fourth-order valence-corrected chi connectivity index (χ4v) is 3.48. The standard InChI is InChI=1S/C22H18F3N5/c23-22(24,25)15-6-3-5-14(11-15)16-12-20(28-10-4-9-26)30-19-8-2-1-7-18(19)29-21(30)17(16)13-27/h1-3,5-8,11-12,28H,4,9-10,26H2. The van der Waals surface area contributed by atoms with Gasteiger partial charge in [-0.05, 0) is 48.9 Å². The fraction of sp³-hybridized carbons (Fsp3) is 0.182. The molecule has 0 aliphatic rings. The van der Waals surface area contributed by atoms with Crippen LogP contribution in [0.5, 0.6) is 0 Å². The normalized spacial score (nSPS) is 11.7.